The number of hydrogen-bond acceptors (Lipinski definition) is 6. The third-order valence-corrected chi connectivity index (χ3v) is 5.76. The van der Waals surface area contributed by atoms with Crippen molar-refractivity contribution < 1.29 is 13.2 Å². The number of nitrogens with zero attached hydrogens (tertiary/aromatic N) is 4. The Labute approximate surface area is 164 Å². The normalized spacial score (nSPS) is 11.3. The third kappa shape index (κ3) is 3.80. The van der Waals surface area contributed by atoms with Gasteiger partial charge in [-0.15, -0.1) is 5.10 Å². The van der Waals surface area contributed by atoms with Gasteiger partial charge >= 0.3 is 0 Å². The molecule has 0 radical (unpaired) electrons. The molecule has 0 aliphatic heterocycles. The van der Waals surface area contributed by atoms with E-state index < -0.39 is 10.0 Å². The fraction of sp³-hybridized carbons (Fsp3) is 0.188. The minimum Gasteiger partial charge on any atom is -0.495 e. The van der Waals surface area contributed by atoms with Gasteiger partial charge < -0.3 is 4.74 Å². The summed E-state index contributed by atoms with van der Waals surface area (Å²) in [4.78, 5) is 0.0155. The van der Waals surface area contributed by atoms with Gasteiger partial charge in [0.1, 0.15) is 10.6 Å². The number of anilines is 1. The summed E-state index contributed by atoms with van der Waals surface area (Å²) in [5, 5.41) is 11.5. The molecule has 10 heteroatoms. The SMILES string of the molecule is CCn1nnnc1-c1ccc(OC)c(S(=O)(=O)Nc2ccc(I)cc2)c1. The number of ether oxygens (including phenoxy) is 1. The number of benzene rings is 2. The predicted octanol–water partition coefficient (Wildman–Crippen LogP) is 2.77. The molecule has 136 valence electrons. The number of aromatic nitrogens is 4. The highest BCUT2D eigenvalue weighted by molar-refractivity contribution is 14.1. The van der Waals surface area contributed by atoms with Crippen LogP contribution < -0.4 is 9.46 Å². The van der Waals surface area contributed by atoms with Crippen molar-refractivity contribution in [1.29, 1.82) is 0 Å². The number of hydrogen-bond donors (Lipinski definition) is 1. The van der Waals surface area contributed by atoms with Crippen molar-refractivity contribution in [2.75, 3.05) is 11.8 Å². The lowest BCUT2D eigenvalue weighted by molar-refractivity contribution is 0.403. The van der Waals surface area contributed by atoms with E-state index in [-0.39, 0.29) is 10.6 Å². The molecule has 8 nitrogen and oxygen atoms in total. The van der Waals surface area contributed by atoms with Crippen molar-refractivity contribution >= 4 is 38.3 Å². The minimum atomic E-state index is -3.86. The van der Waals surface area contributed by atoms with Crippen LogP contribution in [0.15, 0.2) is 47.4 Å². The average molecular weight is 485 g/mol. The van der Waals surface area contributed by atoms with Crippen LogP contribution in [0.3, 0.4) is 0 Å². The molecule has 1 N–H and O–H groups in total. The summed E-state index contributed by atoms with van der Waals surface area (Å²) < 4.78 is 36.2. The van der Waals surface area contributed by atoms with Gasteiger partial charge in [0, 0.05) is 21.4 Å². The maximum atomic E-state index is 12.9. The van der Waals surface area contributed by atoms with Crippen LogP contribution in [0.2, 0.25) is 0 Å². The van der Waals surface area contributed by atoms with E-state index in [4.69, 9.17) is 4.74 Å². The second-order valence-electron chi connectivity index (χ2n) is 5.30. The zero-order valence-electron chi connectivity index (χ0n) is 14.0. The number of halogens is 1. The predicted molar refractivity (Wildman–Crippen MR) is 105 cm³/mol. The van der Waals surface area contributed by atoms with Crippen molar-refractivity contribution in [2.45, 2.75) is 18.4 Å². The Kier molecular flexibility index (Phi) is 5.41. The number of nitrogens with one attached hydrogen (secondary N) is 1. The van der Waals surface area contributed by atoms with Crippen LogP contribution in [-0.2, 0) is 16.6 Å². The smallest absolute Gasteiger partial charge is 0.265 e. The number of rotatable bonds is 6. The Bertz CT molecular complexity index is 1020. The van der Waals surface area contributed by atoms with E-state index >= 15 is 0 Å². The first kappa shape index (κ1) is 18.6. The van der Waals surface area contributed by atoms with Gasteiger partial charge in [0.15, 0.2) is 5.82 Å². The largest absolute Gasteiger partial charge is 0.495 e. The molecule has 0 atom stereocenters. The summed E-state index contributed by atoms with van der Waals surface area (Å²) in [5.41, 5.74) is 1.05. The number of sulfonamides is 1. The zero-order chi connectivity index (χ0) is 18.7. The first-order valence-corrected chi connectivity index (χ1v) is 10.2. The van der Waals surface area contributed by atoms with Gasteiger partial charge in [0.2, 0.25) is 0 Å². The van der Waals surface area contributed by atoms with Crippen LogP contribution in [0.1, 0.15) is 6.92 Å². The van der Waals surface area contributed by atoms with Crippen LogP contribution in [0.5, 0.6) is 5.75 Å². The van der Waals surface area contributed by atoms with E-state index in [1.54, 1.807) is 28.9 Å². The molecule has 1 heterocycles. The molecular formula is C16H16IN5O3S. The summed E-state index contributed by atoms with van der Waals surface area (Å²) in [6.45, 7) is 2.47. The van der Waals surface area contributed by atoms with E-state index in [9.17, 15) is 8.42 Å². The molecule has 0 unspecified atom stereocenters. The van der Waals surface area contributed by atoms with Crippen LogP contribution in [-0.4, -0.2) is 35.7 Å². The van der Waals surface area contributed by atoms with E-state index in [1.807, 2.05) is 19.1 Å². The van der Waals surface area contributed by atoms with Crippen LogP contribution >= 0.6 is 22.6 Å². The lowest BCUT2D eigenvalue weighted by Crippen LogP contribution is -2.14. The average Bonchev–Trinajstić information content (AvgIpc) is 3.11. The summed E-state index contributed by atoms with van der Waals surface area (Å²) >= 11 is 2.16. The number of aryl methyl sites for hydroxylation is 1. The van der Waals surface area contributed by atoms with E-state index in [2.05, 4.69) is 42.8 Å². The first-order valence-electron chi connectivity index (χ1n) is 7.67. The fourth-order valence-electron chi connectivity index (χ4n) is 2.38. The third-order valence-electron chi connectivity index (χ3n) is 3.64. The molecular weight excluding hydrogens is 469 g/mol. The van der Waals surface area contributed by atoms with Crippen LogP contribution in [0.25, 0.3) is 11.4 Å². The van der Waals surface area contributed by atoms with Gasteiger partial charge in [-0.25, -0.2) is 13.1 Å². The molecule has 1 aromatic heterocycles. The molecule has 0 aliphatic carbocycles. The van der Waals surface area contributed by atoms with Gasteiger partial charge in [-0.2, -0.15) is 0 Å². The van der Waals surface area contributed by atoms with Gasteiger partial charge in [0.05, 0.1) is 7.11 Å². The Morgan fingerprint density at radius 2 is 1.92 bits per heavy atom. The number of methoxy groups -OCH3 is 1. The highest BCUT2D eigenvalue weighted by Crippen LogP contribution is 2.30. The Hall–Kier alpha value is -2.21. The van der Waals surface area contributed by atoms with Crippen molar-refractivity contribution in [1.82, 2.24) is 20.2 Å². The first-order chi connectivity index (χ1) is 12.4. The molecule has 26 heavy (non-hydrogen) atoms. The molecule has 0 fully saturated rings. The summed E-state index contributed by atoms with van der Waals surface area (Å²) in [6, 6.07) is 11.9. The molecule has 0 amide bonds. The van der Waals surface area contributed by atoms with E-state index in [1.165, 1.54) is 13.2 Å². The topological polar surface area (TPSA) is 99.0 Å². The molecule has 3 rings (SSSR count). The molecule has 0 aliphatic rings. The van der Waals surface area contributed by atoms with Crippen LogP contribution in [0.4, 0.5) is 5.69 Å². The molecule has 2 aromatic carbocycles. The quantitative estimate of drug-likeness (QED) is 0.540. The molecule has 0 saturated carbocycles. The molecule has 0 spiro atoms. The number of tetrazole rings is 1. The Morgan fingerprint density at radius 3 is 2.58 bits per heavy atom. The Morgan fingerprint density at radius 1 is 1.19 bits per heavy atom. The Balaban J connectivity index is 2.04. The summed E-state index contributed by atoms with van der Waals surface area (Å²) in [6.07, 6.45) is 0. The van der Waals surface area contributed by atoms with Gasteiger partial charge in [-0.05, 0) is 82.4 Å². The monoisotopic (exact) mass is 485 g/mol. The standard InChI is InChI=1S/C16H16IN5O3S/c1-3-22-16(18-20-21-22)11-4-9-14(25-2)15(10-11)26(23,24)19-13-7-5-12(17)6-8-13/h4-10,19H,3H2,1-2H3. The van der Waals surface area contributed by atoms with Crippen molar-refractivity contribution in [3.8, 4) is 17.1 Å². The van der Waals surface area contributed by atoms with Crippen molar-refractivity contribution in [2.24, 2.45) is 0 Å². The second-order valence-corrected chi connectivity index (χ2v) is 8.19. The lowest BCUT2D eigenvalue weighted by Gasteiger charge is -2.13. The fourth-order valence-corrected chi connectivity index (χ4v) is 3.99. The van der Waals surface area contributed by atoms with Crippen molar-refractivity contribution in [3.63, 3.8) is 0 Å². The highest BCUT2D eigenvalue weighted by Gasteiger charge is 2.22. The lowest BCUT2D eigenvalue weighted by atomic mass is 10.2. The molecule has 0 saturated heterocycles. The highest BCUT2D eigenvalue weighted by atomic mass is 127. The van der Waals surface area contributed by atoms with Crippen LogP contribution in [0, 0.1) is 3.57 Å². The van der Waals surface area contributed by atoms with Gasteiger partial charge in [-0.1, -0.05) is 0 Å². The summed E-state index contributed by atoms with van der Waals surface area (Å²) in [5.74, 6) is 0.725. The maximum Gasteiger partial charge on any atom is 0.265 e. The summed E-state index contributed by atoms with van der Waals surface area (Å²) in [7, 11) is -2.43. The van der Waals surface area contributed by atoms with E-state index in [0.717, 1.165) is 3.57 Å². The second kappa shape index (κ2) is 7.58. The van der Waals surface area contributed by atoms with E-state index in [0.29, 0.717) is 23.6 Å². The van der Waals surface area contributed by atoms with Crippen molar-refractivity contribution in [3.05, 3.63) is 46.0 Å². The van der Waals surface area contributed by atoms with Gasteiger partial charge in [-0.3, -0.25) is 4.72 Å². The molecule has 0 bridgehead atoms. The zero-order valence-corrected chi connectivity index (χ0v) is 17.0. The molecule has 3 aromatic rings. The van der Waals surface area contributed by atoms with Gasteiger partial charge in [0.25, 0.3) is 10.0 Å². The minimum absolute atomic E-state index is 0.0155. The maximum absolute atomic E-state index is 12.9.